The highest BCUT2D eigenvalue weighted by Gasteiger charge is 2.03. The minimum atomic E-state index is 0.584. The molecular formula is C10H10N2O. The van der Waals surface area contributed by atoms with Crippen molar-refractivity contribution in [3.05, 3.63) is 30.1 Å². The molecule has 0 unspecified atom stereocenters. The first kappa shape index (κ1) is 7.98. The van der Waals surface area contributed by atoms with Gasteiger partial charge in [-0.1, -0.05) is 0 Å². The summed E-state index contributed by atoms with van der Waals surface area (Å²) in [7, 11) is 1.60. The average Bonchev–Trinajstić information content (AvgIpc) is 2.18. The average molecular weight is 174 g/mol. The van der Waals surface area contributed by atoms with Crippen LogP contribution in [-0.2, 0) is 0 Å². The van der Waals surface area contributed by atoms with Gasteiger partial charge >= 0.3 is 0 Å². The van der Waals surface area contributed by atoms with Gasteiger partial charge in [0.1, 0.15) is 5.52 Å². The van der Waals surface area contributed by atoms with Gasteiger partial charge in [0.2, 0.25) is 5.88 Å². The van der Waals surface area contributed by atoms with Gasteiger partial charge in [0.15, 0.2) is 0 Å². The number of aryl methyl sites for hydroxylation is 1. The molecule has 0 saturated carbocycles. The van der Waals surface area contributed by atoms with Crippen LogP contribution in [0.2, 0.25) is 0 Å². The lowest BCUT2D eigenvalue weighted by Gasteiger charge is -2.03. The summed E-state index contributed by atoms with van der Waals surface area (Å²) in [6.45, 7) is 2.05. The van der Waals surface area contributed by atoms with Crippen LogP contribution >= 0.6 is 0 Å². The van der Waals surface area contributed by atoms with E-state index < -0.39 is 0 Å². The highest BCUT2D eigenvalue weighted by molar-refractivity contribution is 5.85. The second-order valence-corrected chi connectivity index (χ2v) is 2.84. The quantitative estimate of drug-likeness (QED) is 0.662. The van der Waals surface area contributed by atoms with Crippen molar-refractivity contribution in [2.45, 2.75) is 6.92 Å². The summed E-state index contributed by atoms with van der Waals surface area (Å²) in [5.41, 5.74) is 2.01. The lowest BCUT2D eigenvalue weighted by molar-refractivity contribution is 0.402. The summed E-state index contributed by atoms with van der Waals surface area (Å²) < 4.78 is 5.11. The summed E-state index contributed by atoms with van der Waals surface area (Å²) in [6, 6.07) is 3.92. The fraction of sp³-hybridized carbons (Fsp3) is 0.200. The van der Waals surface area contributed by atoms with Gasteiger partial charge in [-0.05, 0) is 24.6 Å². The summed E-state index contributed by atoms with van der Waals surface area (Å²) in [5.74, 6) is 0.584. The summed E-state index contributed by atoms with van der Waals surface area (Å²) in [4.78, 5) is 8.31. The maximum absolute atomic E-state index is 5.11. The monoisotopic (exact) mass is 174 g/mol. The van der Waals surface area contributed by atoms with E-state index in [9.17, 15) is 0 Å². The fourth-order valence-corrected chi connectivity index (χ4v) is 1.34. The van der Waals surface area contributed by atoms with E-state index in [1.165, 1.54) is 5.56 Å². The molecule has 0 amide bonds. The molecule has 3 heteroatoms. The lowest BCUT2D eigenvalue weighted by atomic mass is 10.1. The van der Waals surface area contributed by atoms with E-state index in [-0.39, 0.29) is 0 Å². The van der Waals surface area contributed by atoms with Gasteiger partial charge < -0.3 is 4.74 Å². The lowest BCUT2D eigenvalue weighted by Crippen LogP contribution is -1.91. The van der Waals surface area contributed by atoms with Crippen LogP contribution in [0.1, 0.15) is 5.56 Å². The van der Waals surface area contributed by atoms with E-state index in [0.29, 0.717) is 5.88 Å². The van der Waals surface area contributed by atoms with Crippen molar-refractivity contribution >= 4 is 10.9 Å². The number of hydrogen-bond donors (Lipinski definition) is 0. The van der Waals surface area contributed by atoms with Crippen molar-refractivity contribution in [3.63, 3.8) is 0 Å². The van der Waals surface area contributed by atoms with Crippen molar-refractivity contribution in [2.75, 3.05) is 7.11 Å². The number of pyridine rings is 2. The molecule has 0 atom stereocenters. The van der Waals surface area contributed by atoms with Crippen LogP contribution in [0.4, 0.5) is 0 Å². The Kier molecular flexibility index (Phi) is 1.85. The highest BCUT2D eigenvalue weighted by Crippen LogP contribution is 2.22. The summed E-state index contributed by atoms with van der Waals surface area (Å²) in [5, 5.41) is 1.09. The molecule has 0 aliphatic carbocycles. The second-order valence-electron chi connectivity index (χ2n) is 2.84. The van der Waals surface area contributed by atoms with Gasteiger partial charge in [-0.3, -0.25) is 4.98 Å². The first-order valence-electron chi connectivity index (χ1n) is 4.07. The number of nitrogens with zero attached hydrogens (tertiary/aromatic N) is 2. The van der Waals surface area contributed by atoms with Crippen molar-refractivity contribution in [1.29, 1.82) is 0 Å². The number of hydrogen-bond acceptors (Lipinski definition) is 3. The van der Waals surface area contributed by atoms with Gasteiger partial charge in [-0.25, -0.2) is 4.98 Å². The molecule has 2 heterocycles. The Labute approximate surface area is 76.4 Å². The molecule has 0 bridgehead atoms. The largest absolute Gasteiger partial charge is 0.479 e. The predicted molar refractivity (Wildman–Crippen MR) is 50.8 cm³/mol. The fourth-order valence-electron chi connectivity index (χ4n) is 1.34. The van der Waals surface area contributed by atoms with E-state index in [1.54, 1.807) is 19.5 Å². The predicted octanol–water partition coefficient (Wildman–Crippen LogP) is 1.95. The Morgan fingerprint density at radius 3 is 2.69 bits per heavy atom. The van der Waals surface area contributed by atoms with Crippen molar-refractivity contribution in [2.24, 2.45) is 0 Å². The van der Waals surface area contributed by atoms with Gasteiger partial charge in [0, 0.05) is 17.8 Å². The van der Waals surface area contributed by atoms with Crippen LogP contribution in [0.3, 0.4) is 0 Å². The van der Waals surface area contributed by atoms with E-state index in [2.05, 4.69) is 9.97 Å². The molecule has 0 saturated heterocycles. The molecule has 0 N–H and O–H groups in total. The third-order valence-electron chi connectivity index (χ3n) is 2.04. The molecule has 2 aromatic heterocycles. The molecule has 66 valence electrons. The van der Waals surface area contributed by atoms with Crippen molar-refractivity contribution < 1.29 is 4.74 Å². The molecule has 0 aliphatic rings. The van der Waals surface area contributed by atoms with Crippen molar-refractivity contribution in [1.82, 2.24) is 9.97 Å². The molecule has 13 heavy (non-hydrogen) atoms. The SMILES string of the molecule is COc1nccc2c(C)ccnc12. The smallest absolute Gasteiger partial charge is 0.240 e. The van der Waals surface area contributed by atoms with Gasteiger partial charge in [-0.2, -0.15) is 0 Å². The number of methoxy groups -OCH3 is 1. The zero-order valence-electron chi connectivity index (χ0n) is 7.61. The molecule has 0 aliphatic heterocycles. The van der Waals surface area contributed by atoms with Crippen LogP contribution in [0, 0.1) is 6.92 Å². The van der Waals surface area contributed by atoms with Gasteiger partial charge in [0.25, 0.3) is 0 Å². The molecule has 0 radical (unpaired) electrons. The first-order valence-corrected chi connectivity index (χ1v) is 4.07. The molecule has 2 rings (SSSR count). The van der Waals surface area contributed by atoms with E-state index >= 15 is 0 Å². The number of ether oxygens (including phenoxy) is 1. The first-order chi connectivity index (χ1) is 6.33. The van der Waals surface area contributed by atoms with E-state index in [4.69, 9.17) is 4.74 Å². The maximum Gasteiger partial charge on any atom is 0.240 e. The van der Waals surface area contributed by atoms with Crippen LogP contribution in [0.15, 0.2) is 24.5 Å². The summed E-state index contributed by atoms with van der Waals surface area (Å²) >= 11 is 0. The molecule has 2 aromatic rings. The zero-order chi connectivity index (χ0) is 9.26. The Bertz CT molecular complexity index is 440. The van der Waals surface area contributed by atoms with Crippen LogP contribution in [-0.4, -0.2) is 17.1 Å². The van der Waals surface area contributed by atoms with Crippen LogP contribution in [0.25, 0.3) is 10.9 Å². The minimum absolute atomic E-state index is 0.584. The van der Waals surface area contributed by atoms with E-state index in [0.717, 1.165) is 10.9 Å². The van der Waals surface area contributed by atoms with E-state index in [1.807, 2.05) is 19.1 Å². The zero-order valence-corrected chi connectivity index (χ0v) is 7.61. The maximum atomic E-state index is 5.11. The topological polar surface area (TPSA) is 35.0 Å². The molecular weight excluding hydrogens is 164 g/mol. The summed E-state index contributed by atoms with van der Waals surface area (Å²) in [6.07, 6.45) is 3.50. The molecule has 3 nitrogen and oxygen atoms in total. The molecule has 0 spiro atoms. The Balaban J connectivity index is 2.84. The van der Waals surface area contributed by atoms with Crippen LogP contribution in [0.5, 0.6) is 5.88 Å². The third-order valence-corrected chi connectivity index (χ3v) is 2.04. The van der Waals surface area contributed by atoms with Crippen molar-refractivity contribution in [3.8, 4) is 5.88 Å². The third kappa shape index (κ3) is 1.22. The Morgan fingerprint density at radius 2 is 1.92 bits per heavy atom. The highest BCUT2D eigenvalue weighted by atomic mass is 16.5. The molecule has 0 fully saturated rings. The number of rotatable bonds is 1. The standard InChI is InChI=1S/C10H10N2O/c1-7-3-5-11-9-8(7)4-6-12-10(9)13-2/h3-6H,1-2H3. The van der Waals surface area contributed by atoms with Crippen LogP contribution < -0.4 is 4.74 Å². The Morgan fingerprint density at radius 1 is 1.15 bits per heavy atom. The Hall–Kier alpha value is -1.64. The second kappa shape index (κ2) is 3.01. The minimum Gasteiger partial charge on any atom is -0.479 e. The normalized spacial score (nSPS) is 10.3. The van der Waals surface area contributed by atoms with Gasteiger partial charge in [-0.15, -0.1) is 0 Å². The number of fused-ring (bicyclic) bond motifs is 1. The molecule has 0 aromatic carbocycles. The van der Waals surface area contributed by atoms with Gasteiger partial charge in [0.05, 0.1) is 7.11 Å². The number of aromatic nitrogens is 2.